The Balaban J connectivity index is 1.29. The summed E-state index contributed by atoms with van der Waals surface area (Å²) in [4.78, 5) is 24.5. The highest BCUT2D eigenvalue weighted by Gasteiger charge is 2.55. The van der Waals surface area contributed by atoms with Gasteiger partial charge in [-0.05, 0) is 44.6 Å². The SMILES string of the molecule is CS(=O)(=O)c1c([C@@H]2CC3CC[C@@H](C2)N3C(=O)C2(O)CC2)nc2c(-c3ccc(-c4ccccc4)nc3)cnn2c1N. The molecule has 3 N–H and O–H groups in total. The van der Waals surface area contributed by atoms with Crippen molar-refractivity contribution in [1.29, 1.82) is 0 Å². The Morgan fingerprint density at radius 3 is 2.33 bits per heavy atom. The van der Waals surface area contributed by atoms with Crippen LogP contribution in [0.1, 0.15) is 50.1 Å². The third-order valence-corrected chi connectivity index (χ3v) is 9.81. The van der Waals surface area contributed by atoms with Crippen LogP contribution in [0.2, 0.25) is 0 Å². The minimum atomic E-state index is -3.74. The van der Waals surface area contributed by atoms with E-state index in [1.54, 1.807) is 12.4 Å². The lowest BCUT2D eigenvalue weighted by molar-refractivity contribution is -0.147. The summed E-state index contributed by atoms with van der Waals surface area (Å²) in [7, 11) is -3.74. The molecule has 7 rings (SSSR count). The molecule has 3 atom stereocenters. The maximum Gasteiger partial charge on any atom is 0.255 e. The maximum absolute atomic E-state index is 13.0. The molecule has 1 saturated carbocycles. The summed E-state index contributed by atoms with van der Waals surface area (Å²) in [6, 6.07) is 13.6. The number of piperidine rings is 1. The minimum Gasteiger partial charge on any atom is -0.382 e. The van der Waals surface area contributed by atoms with Crippen LogP contribution >= 0.6 is 0 Å². The van der Waals surface area contributed by atoms with Crippen LogP contribution in [0.3, 0.4) is 0 Å². The Hall–Kier alpha value is -3.83. The van der Waals surface area contributed by atoms with E-state index in [2.05, 4.69) is 10.1 Å². The summed E-state index contributed by atoms with van der Waals surface area (Å²) < 4.78 is 27.4. The Morgan fingerprint density at radius 2 is 1.73 bits per heavy atom. The van der Waals surface area contributed by atoms with Crippen molar-refractivity contribution in [2.45, 2.75) is 67.0 Å². The molecule has 4 aromatic rings. The summed E-state index contributed by atoms with van der Waals surface area (Å²) in [5.41, 5.74) is 9.50. The lowest BCUT2D eigenvalue weighted by atomic mass is 9.87. The molecule has 3 aliphatic rings. The third-order valence-electron chi connectivity index (χ3n) is 8.65. The molecule has 2 bridgehead atoms. The highest BCUT2D eigenvalue weighted by molar-refractivity contribution is 7.91. The van der Waals surface area contributed by atoms with E-state index in [0.717, 1.165) is 35.9 Å². The van der Waals surface area contributed by atoms with Gasteiger partial charge in [-0.25, -0.2) is 13.4 Å². The quantitative estimate of drug-likeness (QED) is 0.380. The summed E-state index contributed by atoms with van der Waals surface area (Å²) in [5.74, 6) is -0.358. The number of fused-ring (bicyclic) bond motifs is 3. The molecule has 1 unspecified atom stereocenters. The maximum atomic E-state index is 13.0. The van der Waals surface area contributed by atoms with E-state index in [0.29, 0.717) is 42.6 Å². The molecule has 10 nitrogen and oxygen atoms in total. The molecule has 1 amide bonds. The van der Waals surface area contributed by atoms with Crippen LogP contribution in [0.15, 0.2) is 59.8 Å². The number of sulfone groups is 1. The molecule has 3 aromatic heterocycles. The number of rotatable bonds is 5. The molecule has 2 saturated heterocycles. The molecule has 0 spiro atoms. The fourth-order valence-electron chi connectivity index (χ4n) is 6.52. The second kappa shape index (κ2) is 8.84. The van der Waals surface area contributed by atoms with Crippen molar-refractivity contribution in [3.8, 4) is 22.4 Å². The number of anilines is 1. The number of carbonyl (C=O) groups is 1. The van der Waals surface area contributed by atoms with E-state index >= 15 is 0 Å². The number of nitrogens with zero attached hydrogens (tertiary/aromatic N) is 5. The highest BCUT2D eigenvalue weighted by atomic mass is 32.2. The first-order valence-corrected chi connectivity index (χ1v) is 15.5. The van der Waals surface area contributed by atoms with Crippen LogP contribution < -0.4 is 5.73 Å². The number of aliphatic hydroxyl groups is 1. The predicted octanol–water partition coefficient (Wildman–Crippen LogP) is 3.21. The van der Waals surface area contributed by atoms with Crippen LogP contribution in [-0.2, 0) is 14.6 Å². The van der Waals surface area contributed by atoms with Gasteiger partial charge >= 0.3 is 0 Å². The largest absolute Gasteiger partial charge is 0.382 e. The Bertz CT molecular complexity index is 1730. The van der Waals surface area contributed by atoms with Crippen molar-refractivity contribution in [1.82, 2.24) is 24.5 Å². The molecule has 0 radical (unpaired) electrons. The van der Waals surface area contributed by atoms with Gasteiger partial charge in [0.2, 0.25) is 0 Å². The first kappa shape index (κ1) is 25.2. The highest BCUT2D eigenvalue weighted by Crippen LogP contribution is 2.48. The van der Waals surface area contributed by atoms with Crippen LogP contribution in [0.5, 0.6) is 0 Å². The average Bonchev–Trinajstić information content (AvgIpc) is 3.46. The summed E-state index contributed by atoms with van der Waals surface area (Å²) in [6.07, 6.45) is 8.33. The van der Waals surface area contributed by atoms with Gasteiger partial charge in [0.15, 0.2) is 15.5 Å². The average molecular weight is 559 g/mol. The van der Waals surface area contributed by atoms with Crippen LogP contribution in [-0.4, -0.2) is 67.9 Å². The van der Waals surface area contributed by atoms with Crippen LogP contribution in [0.25, 0.3) is 28.0 Å². The predicted molar refractivity (Wildman–Crippen MR) is 149 cm³/mol. The summed E-state index contributed by atoms with van der Waals surface area (Å²) in [5, 5.41) is 14.9. The van der Waals surface area contributed by atoms with Crippen molar-refractivity contribution in [2.75, 3.05) is 12.0 Å². The standard InChI is InChI=1S/C29H30N6O4S/c1-40(38,39)25-24(19-13-20-8-9-21(14-19)34(20)28(36)29(37)11-12-29)33-27-22(16-32-35(27)26(25)30)18-7-10-23(31-15-18)17-5-3-2-4-6-17/h2-7,10,15-16,19-21,37H,8-9,11-14,30H2,1H3/t19-,20-,21?/m0/s1. The zero-order valence-corrected chi connectivity index (χ0v) is 22.9. The van der Waals surface area contributed by atoms with Gasteiger partial charge in [-0.1, -0.05) is 36.4 Å². The van der Waals surface area contributed by atoms with Crippen molar-refractivity contribution in [3.63, 3.8) is 0 Å². The molecular formula is C29H30N6O4S. The zero-order chi connectivity index (χ0) is 27.8. The minimum absolute atomic E-state index is 0.00259. The van der Waals surface area contributed by atoms with E-state index in [1.165, 1.54) is 4.52 Å². The normalized spacial score (nSPS) is 23.4. The number of carbonyl (C=O) groups excluding carboxylic acids is 1. The van der Waals surface area contributed by atoms with Gasteiger partial charge in [0.25, 0.3) is 5.91 Å². The second-order valence-corrected chi connectivity index (χ2v) is 13.3. The Kier molecular flexibility index (Phi) is 5.56. The summed E-state index contributed by atoms with van der Waals surface area (Å²) >= 11 is 0. The van der Waals surface area contributed by atoms with Crippen LogP contribution in [0, 0.1) is 0 Å². The summed E-state index contributed by atoms with van der Waals surface area (Å²) in [6.45, 7) is 0. The molecule has 40 heavy (non-hydrogen) atoms. The Labute approximate surface area is 231 Å². The van der Waals surface area contributed by atoms with Gasteiger partial charge < -0.3 is 15.7 Å². The second-order valence-electron chi connectivity index (χ2n) is 11.4. The smallest absolute Gasteiger partial charge is 0.255 e. The Morgan fingerprint density at radius 1 is 1.02 bits per heavy atom. The molecular weight excluding hydrogens is 528 g/mol. The van der Waals surface area contributed by atoms with E-state index in [4.69, 9.17) is 10.7 Å². The lowest BCUT2D eigenvalue weighted by Gasteiger charge is -2.40. The fraction of sp³-hybridized carbons (Fsp3) is 0.379. The van der Waals surface area contributed by atoms with Gasteiger partial charge in [0.05, 0.1) is 17.6 Å². The van der Waals surface area contributed by atoms with E-state index in [1.807, 2.05) is 47.4 Å². The fourth-order valence-corrected chi connectivity index (χ4v) is 7.57. The van der Waals surface area contributed by atoms with E-state index in [9.17, 15) is 18.3 Å². The van der Waals surface area contributed by atoms with Crippen LogP contribution in [0.4, 0.5) is 5.82 Å². The van der Waals surface area contributed by atoms with Crippen molar-refractivity contribution in [2.24, 2.45) is 0 Å². The molecule has 2 aliphatic heterocycles. The number of nitrogen functional groups attached to an aromatic ring is 1. The third kappa shape index (κ3) is 3.98. The first-order chi connectivity index (χ1) is 19.1. The topological polar surface area (TPSA) is 144 Å². The molecule has 1 aromatic carbocycles. The number of nitrogens with two attached hydrogens (primary N) is 1. The van der Waals surface area contributed by atoms with E-state index < -0.39 is 15.4 Å². The number of amides is 1. The molecule has 1 aliphatic carbocycles. The number of aromatic nitrogens is 4. The van der Waals surface area contributed by atoms with Crippen molar-refractivity contribution < 1.29 is 18.3 Å². The number of benzene rings is 1. The monoisotopic (exact) mass is 558 g/mol. The number of pyridine rings is 1. The van der Waals surface area contributed by atoms with Gasteiger partial charge in [-0.3, -0.25) is 9.78 Å². The lowest BCUT2D eigenvalue weighted by Crippen LogP contribution is -2.51. The van der Waals surface area contributed by atoms with Gasteiger partial charge in [0, 0.05) is 47.1 Å². The molecule has 206 valence electrons. The molecule has 11 heteroatoms. The van der Waals surface area contributed by atoms with Gasteiger partial charge in [0.1, 0.15) is 16.3 Å². The van der Waals surface area contributed by atoms with Gasteiger partial charge in [-0.15, -0.1) is 0 Å². The van der Waals surface area contributed by atoms with Crippen molar-refractivity contribution >= 4 is 27.2 Å². The first-order valence-electron chi connectivity index (χ1n) is 13.6. The van der Waals surface area contributed by atoms with Crippen molar-refractivity contribution in [3.05, 3.63) is 60.6 Å². The number of hydrogen-bond acceptors (Lipinski definition) is 8. The molecule has 5 heterocycles. The van der Waals surface area contributed by atoms with E-state index in [-0.39, 0.29) is 34.6 Å². The number of hydrogen-bond donors (Lipinski definition) is 2. The molecule has 3 fully saturated rings. The van der Waals surface area contributed by atoms with Gasteiger partial charge in [-0.2, -0.15) is 9.61 Å². The zero-order valence-electron chi connectivity index (χ0n) is 22.1.